The van der Waals surface area contributed by atoms with Crippen LogP contribution in [0.2, 0.25) is 0 Å². The third-order valence-corrected chi connectivity index (χ3v) is 3.32. The van der Waals surface area contributed by atoms with Crippen LogP contribution in [0.25, 0.3) is 0 Å². The van der Waals surface area contributed by atoms with Crippen LogP contribution in [-0.2, 0) is 11.2 Å². The molecule has 0 aliphatic heterocycles. The maximum Gasteiger partial charge on any atom is 0.221 e. The highest BCUT2D eigenvalue weighted by Gasteiger charge is 2.29. The average molecular weight is 250 g/mol. The van der Waals surface area contributed by atoms with E-state index in [0.29, 0.717) is 30.9 Å². The fourth-order valence-corrected chi connectivity index (χ4v) is 2.02. The molecule has 0 bridgehead atoms. The fourth-order valence-electron chi connectivity index (χ4n) is 2.02. The summed E-state index contributed by atoms with van der Waals surface area (Å²) < 4.78 is 13.3. The van der Waals surface area contributed by atoms with E-state index in [1.807, 2.05) is 0 Å². The maximum absolute atomic E-state index is 13.3. The lowest BCUT2D eigenvalue weighted by Crippen LogP contribution is -2.33. The van der Waals surface area contributed by atoms with Gasteiger partial charge in [-0.1, -0.05) is 18.2 Å². The predicted octanol–water partition coefficient (Wildman–Crippen LogP) is 1.61. The van der Waals surface area contributed by atoms with E-state index in [1.165, 1.54) is 6.07 Å². The highest BCUT2D eigenvalue weighted by molar-refractivity contribution is 5.76. The molecule has 1 atom stereocenters. The Bertz CT molecular complexity index is 418. The zero-order chi connectivity index (χ0) is 13.0. The minimum atomic E-state index is -0.221. The van der Waals surface area contributed by atoms with Crippen LogP contribution in [0.5, 0.6) is 0 Å². The predicted molar refractivity (Wildman–Crippen MR) is 68.4 cm³/mol. The summed E-state index contributed by atoms with van der Waals surface area (Å²) in [5, 5.41) is 2.79. The van der Waals surface area contributed by atoms with Crippen molar-refractivity contribution in [2.24, 2.45) is 11.7 Å². The molecule has 1 unspecified atom stereocenters. The minimum absolute atomic E-state index is 0.0153. The van der Waals surface area contributed by atoms with Crippen molar-refractivity contribution in [1.82, 2.24) is 5.32 Å². The fraction of sp³-hybridized carbons (Fsp3) is 0.500. The molecule has 1 fully saturated rings. The number of hydrogen-bond donors (Lipinski definition) is 2. The standard InChI is InChI=1S/C14H19FN2O/c15-12-4-2-1-3-10(12)7-8-17-14(18)9-13(16)11-5-6-11/h1-4,11,13H,5-9,16H2,(H,17,18). The molecular formula is C14H19FN2O. The second kappa shape index (κ2) is 5.96. The van der Waals surface area contributed by atoms with Crippen molar-refractivity contribution in [3.05, 3.63) is 35.6 Å². The number of nitrogens with two attached hydrogens (primary N) is 1. The zero-order valence-electron chi connectivity index (χ0n) is 10.4. The van der Waals surface area contributed by atoms with Crippen LogP contribution in [0.1, 0.15) is 24.8 Å². The quantitative estimate of drug-likeness (QED) is 0.806. The molecule has 1 aliphatic carbocycles. The smallest absolute Gasteiger partial charge is 0.221 e. The Morgan fingerprint density at radius 1 is 1.44 bits per heavy atom. The van der Waals surface area contributed by atoms with E-state index in [0.717, 1.165) is 12.8 Å². The normalized spacial score (nSPS) is 16.3. The second-order valence-electron chi connectivity index (χ2n) is 4.90. The first kappa shape index (κ1) is 13.0. The molecule has 1 aromatic carbocycles. The number of rotatable bonds is 6. The van der Waals surface area contributed by atoms with E-state index in [4.69, 9.17) is 5.73 Å². The summed E-state index contributed by atoms with van der Waals surface area (Å²) in [7, 11) is 0. The largest absolute Gasteiger partial charge is 0.356 e. The van der Waals surface area contributed by atoms with Gasteiger partial charge in [0.1, 0.15) is 5.82 Å². The van der Waals surface area contributed by atoms with Crippen molar-refractivity contribution in [1.29, 1.82) is 0 Å². The molecule has 1 aromatic rings. The molecule has 4 heteroatoms. The zero-order valence-corrected chi connectivity index (χ0v) is 10.4. The topological polar surface area (TPSA) is 55.1 Å². The molecule has 1 aliphatic rings. The van der Waals surface area contributed by atoms with Gasteiger partial charge in [-0.15, -0.1) is 0 Å². The monoisotopic (exact) mass is 250 g/mol. The molecule has 18 heavy (non-hydrogen) atoms. The number of amides is 1. The van der Waals surface area contributed by atoms with Gasteiger partial charge >= 0.3 is 0 Å². The van der Waals surface area contributed by atoms with Gasteiger partial charge in [-0.05, 0) is 36.8 Å². The molecule has 1 amide bonds. The van der Waals surface area contributed by atoms with Gasteiger partial charge in [-0.3, -0.25) is 4.79 Å². The second-order valence-corrected chi connectivity index (χ2v) is 4.90. The Hall–Kier alpha value is -1.42. The summed E-state index contributed by atoms with van der Waals surface area (Å²) in [6.07, 6.45) is 3.17. The summed E-state index contributed by atoms with van der Waals surface area (Å²) in [6.45, 7) is 0.456. The SMILES string of the molecule is NC(CC(=O)NCCc1ccccc1F)C1CC1. The number of carbonyl (C=O) groups is 1. The molecule has 1 saturated carbocycles. The molecule has 98 valence electrons. The van der Waals surface area contributed by atoms with E-state index >= 15 is 0 Å². The van der Waals surface area contributed by atoms with E-state index in [9.17, 15) is 9.18 Å². The molecule has 0 radical (unpaired) electrons. The summed E-state index contributed by atoms with van der Waals surface area (Å²) in [4.78, 5) is 11.6. The Labute approximate surface area is 107 Å². The van der Waals surface area contributed by atoms with Crippen LogP contribution in [0, 0.1) is 11.7 Å². The van der Waals surface area contributed by atoms with Crippen LogP contribution in [-0.4, -0.2) is 18.5 Å². The number of halogens is 1. The Morgan fingerprint density at radius 3 is 2.83 bits per heavy atom. The van der Waals surface area contributed by atoms with Gasteiger partial charge in [0.2, 0.25) is 5.91 Å². The summed E-state index contributed by atoms with van der Waals surface area (Å²) >= 11 is 0. The van der Waals surface area contributed by atoms with Gasteiger partial charge in [-0.2, -0.15) is 0 Å². The van der Waals surface area contributed by atoms with Crippen molar-refractivity contribution in [3.63, 3.8) is 0 Å². The van der Waals surface area contributed by atoms with Crippen molar-refractivity contribution >= 4 is 5.91 Å². The first-order chi connectivity index (χ1) is 8.66. The van der Waals surface area contributed by atoms with Crippen LogP contribution in [0.4, 0.5) is 4.39 Å². The summed E-state index contributed by atoms with van der Waals surface area (Å²) in [6, 6.07) is 6.60. The van der Waals surface area contributed by atoms with Crippen LogP contribution in [0.3, 0.4) is 0 Å². The van der Waals surface area contributed by atoms with Crippen LogP contribution in [0.15, 0.2) is 24.3 Å². The first-order valence-corrected chi connectivity index (χ1v) is 6.42. The number of carbonyl (C=O) groups excluding carboxylic acids is 1. The molecule has 3 N–H and O–H groups in total. The number of benzene rings is 1. The van der Waals surface area contributed by atoms with Gasteiger partial charge in [-0.25, -0.2) is 4.39 Å². The van der Waals surface area contributed by atoms with Gasteiger partial charge in [0.05, 0.1) is 0 Å². The third-order valence-electron chi connectivity index (χ3n) is 3.32. The Kier molecular flexibility index (Phi) is 4.31. The summed E-state index contributed by atoms with van der Waals surface area (Å²) in [5.74, 6) is 0.273. The van der Waals surface area contributed by atoms with E-state index in [2.05, 4.69) is 5.32 Å². The minimum Gasteiger partial charge on any atom is -0.356 e. The highest BCUT2D eigenvalue weighted by atomic mass is 19.1. The number of nitrogens with one attached hydrogen (secondary N) is 1. The third kappa shape index (κ3) is 3.81. The van der Waals surface area contributed by atoms with Crippen molar-refractivity contribution < 1.29 is 9.18 Å². The van der Waals surface area contributed by atoms with Crippen molar-refractivity contribution in [2.45, 2.75) is 31.7 Å². The van der Waals surface area contributed by atoms with Gasteiger partial charge in [0, 0.05) is 19.0 Å². The Balaban J connectivity index is 1.68. The average Bonchev–Trinajstić information content (AvgIpc) is 3.15. The molecular weight excluding hydrogens is 231 g/mol. The van der Waals surface area contributed by atoms with Crippen LogP contribution < -0.4 is 11.1 Å². The number of hydrogen-bond acceptors (Lipinski definition) is 2. The molecule has 0 aromatic heterocycles. The summed E-state index contributed by atoms with van der Waals surface area (Å²) in [5.41, 5.74) is 6.49. The molecule has 3 nitrogen and oxygen atoms in total. The molecule has 0 heterocycles. The lowest BCUT2D eigenvalue weighted by Gasteiger charge is -2.10. The van der Waals surface area contributed by atoms with Crippen molar-refractivity contribution in [3.8, 4) is 0 Å². The van der Waals surface area contributed by atoms with Crippen LogP contribution >= 0.6 is 0 Å². The van der Waals surface area contributed by atoms with Gasteiger partial charge < -0.3 is 11.1 Å². The maximum atomic E-state index is 13.3. The molecule has 0 saturated heterocycles. The highest BCUT2D eigenvalue weighted by Crippen LogP contribution is 2.32. The van der Waals surface area contributed by atoms with Gasteiger partial charge in [0.25, 0.3) is 0 Å². The van der Waals surface area contributed by atoms with E-state index in [1.54, 1.807) is 18.2 Å². The Morgan fingerprint density at radius 2 is 2.17 bits per heavy atom. The lowest BCUT2D eigenvalue weighted by atomic mass is 10.1. The lowest BCUT2D eigenvalue weighted by molar-refractivity contribution is -0.121. The molecule has 2 rings (SSSR count). The van der Waals surface area contributed by atoms with Crippen molar-refractivity contribution in [2.75, 3.05) is 6.54 Å². The van der Waals surface area contributed by atoms with E-state index < -0.39 is 0 Å². The first-order valence-electron chi connectivity index (χ1n) is 6.42. The molecule has 0 spiro atoms. The van der Waals surface area contributed by atoms with Gasteiger partial charge in [0.15, 0.2) is 0 Å². The van der Waals surface area contributed by atoms with E-state index in [-0.39, 0.29) is 17.8 Å².